The first-order valence-corrected chi connectivity index (χ1v) is 7.45. The molecule has 2 rings (SSSR count). The molecule has 0 heterocycles. The average molecular weight is 239 g/mol. The molecule has 2 N–H and O–H groups in total. The molecular weight excluding hydrogens is 210 g/mol. The van der Waals surface area contributed by atoms with Gasteiger partial charge in [0, 0.05) is 11.5 Å². The molecule has 0 aromatic carbocycles. The molecule has 0 aromatic rings. The predicted octanol–water partition coefficient (Wildman–Crippen LogP) is 2.95. The van der Waals surface area contributed by atoms with Gasteiger partial charge in [-0.1, -0.05) is 40.0 Å². The lowest BCUT2D eigenvalue weighted by Gasteiger charge is -2.50. The zero-order chi connectivity index (χ0) is 12.5. The van der Waals surface area contributed by atoms with Crippen molar-refractivity contribution in [1.82, 2.24) is 5.32 Å². The SMILES string of the molecule is CCC1CCC(CNC2CC(O)C2(C)C)CC1. The minimum absolute atomic E-state index is 0.0839. The van der Waals surface area contributed by atoms with E-state index < -0.39 is 0 Å². The molecule has 2 aliphatic carbocycles. The van der Waals surface area contributed by atoms with Crippen molar-refractivity contribution in [2.24, 2.45) is 17.3 Å². The van der Waals surface area contributed by atoms with Gasteiger partial charge in [0.1, 0.15) is 0 Å². The van der Waals surface area contributed by atoms with Gasteiger partial charge in [0.15, 0.2) is 0 Å². The summed E-state index contributed by atoms with van der Waals surface area (Å²) >= 11 is 0. The van der Waals surface area contributed by atoms with Crippen molar-refractivity contribution < 1.29 is 5.11 Å². The summed E-state index contributed by atoms with van der Waals surface area (Å²) in [7, 11) is 0. The third-order valence-electron chi connectivity index (χ3n) is 5.41. The molecule has 0 aromatic heterocycles. The molecule has 2 unspecified atom stereocenters. The third kappa shape index (κ3) is 2.85. The number of rotatable bonds is 4. The second-order valence-electron chi connectivity index (χ2n) is 6.83. The van der Waals surface area contributed by atoms with Crippen LogP contribution in [0.3, 0.4) is 0 Å². The van der Waals surface area contributed by atoms with Gasteiger partial charge in [-0.3, -0.25) is 0 Å². The third-order valence-corrected chi connectivity index (χ3v) is 5.41. The Bertz CT molecular complexity index is 243. The van der Waals surface area contributed by atoms with E-state index in [2.05, 4.69) is 26.1 Å². The summed E-state index contributed by atoms with van der Waals surface area (Å²) in [6.07, 6.45) is 7.87. The second-order valence-corrected chi connectivity index (χ2v) is 6.83. The molecular formula is C15H29NO. The molecule has 0 aliphatic heterocycles. The first-order chi connectivity index (χ1) is 8.04. The van der Waals surface area contributed by atoms with Gasteiger partial charge in [-0.05, 0) is 37.6 Å². The highest BCUT2D eigenvalue weighted by Gasteiger charge is 2.46. The molecule has 0 radical (unpaired) electrons. The number of aliphatic hydroxyl groups excluding tert-OH is 1. The topological polar surface area (TPSA) is 32.3 Å². The van der Waals surface area contributed by atoms with E-state index in [0.717, 1.165) is 24.8 Å². The number of aliphatic hydroxyl groups is 1. The van der Waals surface area contributed by atoms with Crippen molar-refractivity contribution >= 4 is 0 Å². The molecule has 2 fully saturated rings. The zero-order valence-electron chi connectivity index (χ0n) is 11.7. The fraction of sp³-hybridized carbons (Fsp3) is 1.00. The van der Waals surface area contributed by atoms with Crippen LogP contribution >= 0.6 is 0 Å². The Hall–Kier alpha value is -0.0800. The maximum atomic E-state index is 9.71. The van der Waals surface area contributed by atoms with Crippen molar-refractivity contribution in [3.05, 3.63) is 0 Å². The van der Waals surface area contributed by atoms with Gasteiger partial charge in [0.2, 0.25) is 0 Å². The molecule has 0 amide bonds. The Morgan fingerprint density at radius 1 is 1.12 bits per heavy atom. The molecule has 0 saturated heterocycles. The van der Waals surface area contributed by atoms with Crippen molar-refractivity contribution in [2.75, 3.05) is 6.54 Å². The molecule has 0 bridgehead atoms. The highest BCUT2D eigenvalue weighted by Crippen LogP contribution is 2.40. The maximum absolute atomic E-state index is 9.71. The van der Waals surface area contributed by atoms with Gasteiger partial charge >= 0.3 is 0 Å². The van der Waals surface area contributed by atoms with Crippen LogP contribution in [0.5, 0.6) is 0 Å². The summed E-state index contributed by atoms with van der Waals surface area (Å²) in [5.74, 6) is 1.87. The average Bonchev–Trinajstić information content (AvgIpc) is 2.35. The number of hydrogen-bond acceptors (Lipinski definition) is 2. The van der Waals surface area contributed by atoms with Crippen molar-refractivity contribution in [1.29, 1.82) is 0 Å². The molecule has 0 spiro atoms. The molecule has 2 heteroatoms. The van der Waals surface area contributed by atoms with Crippen LogP contribution in [0.1, 0.15) is 59.3 Å². The highest BCUT2D eigenvalue weighted by molar-refractivity contribution is 5.01. The van der Waals surface area contributed by atoms with Crippen molar-refractivity contribution in [3.63, 3.8) is 0 Å². The molecule has 17 heavy (non-hydrogen) atoms. The Labute approximate surface area is 106 Å². The van der Waals surface area contributed by atoms with Gasteiger partial charge < -0.3 is 10.4 Å². The normalized spacial score (nSPS) is 40.9. The lowest BCUT2D eigenvalue weighted by Crippen LogP contribution is -2.60. The maximum Gasteiger partial charge on any atom is 0.0621 e. The van der Waals surface area contributed by atoms with Crippen LogP contribution in [0.15, 0.2) is 0 Å². The van der Waals surface area contributed by atoms with Gasteiger partial charge in [0.25, 0.3) is 0 Å². The fourth-order valence-electron chi connectivity index (χ4n) is 3.40. The Balaban J connectivity index is 1.67. The van der Waals surface area contributed by atoms with Gasteiger partial charge in [-0.15, -0.1) is 0 Å². The van der Waals surface area contributed by atoms with Crippen LogP contribution in [0.4, 0.5) is 0 Å². The molecule has 2 aliphatic rings. The number of hydrogen-bond donors (Lipinski definition) is 2. The smallest absolute Gasteiger partial charge is 0.0621 e. The van der Waals surface area contributed by atoms with E-state index in [4.69, 9.17) is 0 Å². The zero-order valence-corrected chi connectivity index (χ0v) is 11.7. The summed E-state index contributed by atoms with van der Waals surface area (Å²) in [4.78, 5) is 0. The highest BCUT2D eigenvalue weighted by atomic mass is 16.3. The first kappa shape index (κ1) is 13.4. The van der Waals surface area contributed by atoms with Crippen LogP contribution < -0.4 is 5.32 Å². The van der Waals surface area contributed by atoms with Crippen LogP contribution in [0.25, 0.3) is 0 Å². The second kappa shape index (κ2) is 5.27. The Kier molecular flexibility index (Phi) is 4.14. The number of nitrogens with one attached hydrogen (secondary N) is 1. The van der Waals surface area contributed by atoms with E-state index in [1.807, 2.05) is 0 Å². The van der Waals surface area contributed by atoms with Crippen LogP contribution in [-0.4, -0.2) is 23.8 Å². The van der Waals surface area contributed by atoms with Crippen LogP contribution in [0.2, 0.25) is 0 Å². The van der Waals surface area contributed by atoms with E-state index in [-0.39, 0.29) is 11.5 Å². The van der Waals surface area contributed by atoms with Crippen molar-refractivity contribution in [3.8, 4) is 0 Å². The van der Waals surface area contributed by atoms with E-state index in [1.54, 1.807) is 0 Å². The molecule has 2 nitrogen and oxygen atoms in total. The van der Waals surface area contributed by atoms with Crippen LogP contribution in [0, 0.1) is 17.3 Å². The van der Waals surface area contributed by atoms with Crippen LogP contribution in [-0.2, 0) is 0 Å². The largest absolute Gasteiger partial charge is 0.392 e. The Morgan fingerprint density at radius 2 is 1.71 bits per heavy atom. The van der Waals surface area contributed by atoms with Crippen molar-refractivity contribution in [2.45, 2.75) is 71.4 Å². The van der Waals surface area contributed by atoms with E-state index in [9.17, 15) is 5.11 Å². The summed E-state index contributed by atoms with van der Waals surface area (Å²) in [5, 5.41) is 13.4. The van der Waals surface area contributed by atoms with Gasteiger partial charge in [0.05, 0.1) is 6.10 Å². The lowest BCUT2D eigenvalue weighted by molar-refractivity contribution is -0.0736. The standard InChI is InChI=1S/C15H29NO/c1-4-11-5-7-12(8-6-11)10-16-13-9-14(17)15(13,2)3/h11-14,16-17H,4-10H2,1-3H3. The monoisotopic (exact) mass is 239 g/mol. The lowest BCUT2D eigenvalue weighted by atomic mass is 9.64. The molecule has 100 valence electrons. The summed E-state index contributed by atoms with van der Waals surface area (Å²) in [6.45, 7) is 7.83. The fourth-order valence-corrected chi connectivity index (χ4v) is 3.40. The van der Waals surface area contributed by atoms with Gasteiger partial charge in [-0.25, -0.2) is 0 Å². The quantitative estimate of drug-likeness (QED) is 0.790. The first-order valence-electron chi connectivity index (χ1n) is 7.45. The Morgan fingerprint density at radius 3 is 2.18 bits per heavy atom. The van der Waals surface area contributed by atoms with E-state index in [1.165, 1.54) is 32.1 Å². The van der Waals surface area contributed by atoms with Gasteiger partial charge in [-0.2, -0.15) is 0 Å². The summed E-state index contributed by atoms with van der Waals surface area (Å²) in [6, 6.07) is 0.529. The summed E-state index contributed by atoms with van der Waals surface area (Å²) < 4.78 is 0. The molecule has 2 saturated carbocycles. The predicted molar refractivity (Wildman–Crippen MR) is 71.9 cm³/mol. The van der Waals surface area contributed by atoms with E-state index in [0.29, 0.717) is 6.04 Å². The summed E-state index contributed by atoms with van der Waals surface area (Å²) in [5.41, 5.74) is 0.0839. The minimum Gasteiger partial charge on any atom is -0.392 e. The minimum atomic E-state index is -0.101. The van der Waals surface area contributed by atoms with E-state index >= 15 is 0 Å². The molecule has 2 atom stereocenters.